The van der Waals surface area contributed by atoms with Crippen LogP contribution in [0.5, 0.6) is 0 Å². The van der Waals surface area contributed by atoms with Crippen molar-refractivity contribution in [3.8, 4) is 0 Å². The van der Waals surface area contributed by atoms with Crippen LogP contribution < -0.4 is 5.32 Å². The zero-order chi connectivity index (χ0) is 14.3. The molecule has 0 spiro atoms. The minimum absolute atomic E-state index is 0.0279. The Morgan fingerprint density at radius 3 is 2.75 bits per heavy atom. The molecule has 110 valence electrons. The Balaban J connectivity index is 1.94. The molecule has 0 aromatic heterocycles. The van der Waals surface area contributed by atoms with Crippen LogP contribution in [-0.4, -0.2) is 13.6 Å². The fraction of sp³-hybridized carbons (Fsp3) is 0.625. The maximum Gasteiger partial charge on any atom is 0.143 e. The number of rotatable bonds is 4. The number of fused-ring (bicyclic) bond motifs is 2. The van der Waals surface area contributed by atoms with Crippen LogP contribution in [0, 0.1) is 28.9 Å². The van der Waals surface area contributed by atoms with Gasteiger partial charge in [0.25, 0.3) is 0 Å². The lowest BCUT2D eigenvalue weighted by molar-refractivity contribution is 0.156. The van der Waals surface area contributed by atoms with E-state index in [4.69, 9.17) is 0 Å². The van der Waals surface area contributed by atoms with Crippen molar-refractivity contribution in [2.24, 2.45) is 17.3 Å². The average Bonchev–Trinajstić information content (AvgIpc) is 3.00. The maximum absolute atomic E-state index is 14.3. The fourth-order valence-electron chi connectivity index (χ4n) is 4.49. The topological polar surface area (TPSA) is 12.0 Å². The SMILES string of the molecule is CNCC1(Cc2c(F)ccc(Br)c2F)CC2CCC1C2. The molecule has 1 N–H and O–H groups in total. The molecule has 2 bridgehead atoms. The van der Waals surface area contributed by atoms with Crippen molar-refractivity contribution in [3.05, 3.63) is 33.8 Å². The smallest absolute Gasteiger partial charge is 0.143 e. The van der Waals surface area contributed by atoms with Crippen molar-refractivity contribution in [1.29, 1.82) is 0 Å². The highest BCUT2D eigenvalue weighted by atomic mass is 79.9. The van der Waals surface area contributed by atoms with Crippen LogP contribution in [0.2, 0.25) is 0 Å². The Morgan fingerprint density at radius 1 is 1.35 bits per heavy atom. The van der Waals surface area contributed by atoms with Gasteiger partial charge in [0.15, 0.2) is 0 Å². The van der Waals surface area contributed by atoms with E-state index in [1.165, 1.54) is 31.4 Å². The number of benzene rings is 1. The summed E-state index contributed by atoms with van der Waals surface area (Å²) in [5.74, 6) is 0.525. The Morgan fingerprint density at radius 2 is 2.15 bits per heavy atom. The van der Waals surface area contributed by atoms with Gasteiger partial charge in [-0.15, -0.1) is 0 Å². The summed E-state index contributed by atoms with van der Waals surface area (Å²) in [5, 5.41) is 3.25. The third-order valence-corrected chi connectivity index (χ3v) is 5.91. The first-order valence-electron chi connectivity index (χ1n) is 7.33. The van der Waals surface area contributed by atoms with Gasteiger partial charge in [-0.2, -0.15) is 0 Å². The third kappa shape index (κ3) is 2.31. The zero-order valence-corrected chi connectivity index (χ0v) is 13.3. The van der Waals surface area contributed by atoms with E-state index in [0.29, 0.717) is 16.8 Å². The van der Waals surface area contributed by atoms with E-state index in [9.17, 15) is 8.78 Å². The van der Waals surface area contributed by atoms with E-state index in [1.807, 2.05) is 7.05 Å². The molecule has 4 heteroatoms. The minimum Gasteiger partial charge on any atom is -0.319 e. The summed E-state index contributed by atoms with van der Waals surface area (Å²) in [7, 11) is 1.93. The van der Waals surface area contributed by atoms with Gasteiger partial charge >= 0.3 is 0 Å². The van der Waals surface area contributed by atoms with Crippen LogP contribution in [0.25, 0.3) is 0 Å². The van der Waals surface area contributed by atoms with Crippen LogP contribution in [0.3, 0.4) is 0 Å². The first kappa shape index (κ1) is 14.5. The minimum atomic E-state index is -0.428. The van der Waals surface area contributed by atoms with Crippen LogP contribution >= 0.6 is 15.9 Å². The highest BCUT2D eigenvalue weighted by Gasteiger charge is 2.50. The molecule has 20 heavy (non-hydrogen) atoms. The summed E-state index contributed by atoms with van der Waals surface area (Å²) in [5.41, 5.74) is 0.280. The lowest BCUT2D eigenvalue weighted by atomic mass is 9.69. The van der Waals surface area contributed by atoms with Crippen molar-refractivity contribution in [1.82, 2.24) is 5.32 Å². The number of halogens is 3. The molecule has 0 amide bonds. The maximum atomic E-state index is 14.3. The zero-order valence-electron chi connectivity index (χ0n) is 11.7. The highest BCUT2D eigenvalue weighted by molar-refractivity contribution is 9.10. The Kier molecular flexibility index (Phi) is 3.89. The van der Waals surface area contributed by atoms with E-state index in [-0.39, 0.29) is 11.0 Å². The molecule has 0 heterocycles. The van der Waals surface area contributed by atoms with E-state index in [1.54, 1.807) is 0 Å². The van der Waals surface area contributed by atoms with Gasteiger partial charge in [0, 0.05) is 12.1 Å². The molecule has 0 radical (unpaired) electrons. The fourth-order valence-corrected chi connectivity index (χ4v) is 4.86. The summed E-state index contributed by atoms with van der Waals surface area (Å²) < 4.78 is 28.7. The summed E-state index contributed by atoms with van der Waals surface area (Å²) in [6.07, 6.45) is 5.35. The molecule has 2 aliphatic rings. The molecular formula is C16H20BrF2N. The molecule has 0 aliphatic heterocycles. The third-order valence-electron chi connectivity index (χ3n) is 5.30. The van der Waals surface area contributed by atoms with Gasteiger partial charge in [-0.1, -0.05) is 6.42 Å². The molecule has 2 aliphatic carbocycles. The largest absolute Gasteiger partial charge is 0.319 e. The number of hydrogen-bond donors (Lipinski definition) is 1. The molecule has 1 nitrogen and oxygen atoms in total. The van der Waals surface area contributed by atoms with Crippen LogP contribution in [0.4, 0.5) is 8.78 Å². The summed E-state index contributed by atoms with van der Waals surface area (Å²) in [6.45, 7) is 0.847. The van der Waals surface area contributed by atoms with Gasteiger partial charge in [0.05, 0.1) is 4.47 Å². The molecule has 3 unspecified atom stereocenters. The first-order valence-corrected chi connectivity index (χ1v) is 8.12. The highest BCUT2D eigenvalue weighted by Crippen LogP contribution is 2.57. The average molecular weight is 344 g/mol. The molecule has 3 rings (SSSR count). The Hall–Kier alpha value is -0.480. The van der Waals surface area contributed by atoms with Crippen LogP contribution in [0.1, 0.15) is 31.2 Å². The predicted molar refractivity (Wildman–Crippen MR) is 79.6 cm³/mol. The second kappa shape index (κ2) is 5.38. The van der Waals surface area contributed by atoms with Crippen LogP contribution in [-0.2, 0) is 6.42 Å². The summed E-state index contributed by atoms with van der Waals surface area (Å²) in [4.78, 5) is 0. The molecule has 2 saturated carbocycles. The van der Waals surface area contributed by atoms with Gasteiger partial charge in [0.1, 0.15) is 11.6 Å². The van der Waals surface area contributed by atoms with Crippen molar-refractivity contribution >= 4 is 15.9 Å². The Bertz CT molecular complexity index is 519. The van der Waals surface area contributed by atoms with Gasteiger partial charge in [-0.3, -0.25) is 0 Å². The molecule has 3 atom stereocenters. The first-order chi connectivity index (χ1) is 9.55. The quantitative estimate of drug-likeness (QED) is 0.804. The summed E-state index contributed by atoms with van der Waals surface area (Å²) >= 11 is 3.17. The van der Waals surface area contributed by atoms with Gasteiger partial charge < -0.3 is 5.32 Å². The van der Waals surface area contributed by atoms with E-state index >= 15 is 0 Å². The molecule has 1 aromatic rings. The Labute approximate surface area is 127 Å². The van der Waals surface area contributed by atoms with Crippen molar-refractivity contribution < 1.29 is 8.78 Å². The summed E-state index contributed by atoms with van der Waals surface area (Å²) in [6, 6.07) is 2.81. The van der Waals surface area contributed by atoms with Crippen molar-refractivity contribution in [2.75, 3.05) is 13.6 Å². The van der Waals surface area contributed by atoms with Crippen LogP contribution in [0.15, 0.2) is 16.6 Å². The van der Waals surface area contributed by atoms with E-state index < -0.39 is 11.6 Å². The monoisotopic (exact) mass is 343 g/mol. The second-order valence-corrected chi connectivity index (χ2v) is 7.33. The van der Waals surface area contributed by atoms with Gasteiger partial charge in [0.2, 0.25) is 0 Å². The lowest BCUT2D eigenvalue weighted by Gasteiger charge is -2.38. The van der Waals surface area contributed by atoms with Gasteiger partial charge in [-0.05, 0) is 78.0 Å². The molecular weight excluding hydrogens is 324 g/mol. The standard InChI is InChI=1S/C16H20BrF2N/c1-20-9-16(7-10-2-3-11(16)6-10)8-12-14(18)5-4-13(17)15(12)19/h4-5,10-11,20H,2-3,6-9H2,1H3. The lowest BCUT2D eigenvalue weighted by Crippen LogP contribution is -2.39. The van der Waals surface area contributed by atoms with Crippen molar-refractivity contribution in [2.45, 2.75) is 32.1 Å². The molecule has 2 fully saturated rings. The molecule has 0 saturated heterocycles. The number of hydrogen-bond acceptors (Lipinski definition) is 1. The predicted octanol–water partition coefficient (Wildman–Crippen LogP) is 4.30. The van der Waals surface area contributed by atoms with E-state index in [0.717, 1.165) is 18.9 Å². The van der Waals surface area contributed by atoms with Gasteiger partial charge in [-0.25, -0.2) is 8.78 Å². The van der Waals surface area contributed by atoms with E-state index in [2.05, 4.69) is 21.2 Å². The normalized spacial score (nSPS) is 32.0. The number of nitrogens with one attached hydrogen (secondary N) is 1. The second-order valence-electron chi connectivity index (χ2n) is 6.47. The molecule has 1 aromatic carbocycles. The van der Waals surface area contributed by atoms with Crippen molar-refractivity contribution in [3.63, 3.8) is 0 Å².